The highest BCUT2D eigenvalue weighted by Crippen LogP contribution is 2.32. The Kier molecular flexibility index (Phi) is 5.38. The number of para-hydroxylation sites is 1. The highest BCUT2D eigenvalue weighted by atomic mass is 32.1. The van der Waals surface area contributed by atoms with Gasteiger partial charge in [0.25, 0.3) is 5.91 Å². The summed E-state index contributed by atoms with van der Waals surface area (Å²) < 4.78 is 5.33. The van der Waals surface area contributed by atoms with E-state index in [0.717, 1.165) is 19.3 Å². The maximum Gasteiger partial charge on any atom is 0.349 e. The van der Waals surface area contributed by atoms with Crippen molar-refractivity contribution in [2.45, 2.75) is 39.2 Å². The number of hydrogen-bond donors (Lipinski definition) is 1. The Morgan fingerprint density at radius 3 is 2.92 bits per heavy atom. The second kappa shape index (κ2) is 7.71. The van der Waals surface area contributed by atoms with Gasteiger partial charge in [0, 0.05) is 4.88 Å². The van der Waals surface area contributed by atoms with Crippen LogP contribution in [0, 0.1) is 17.2 Å². The number of carbonyl (C=O) groups excluding carboxylic acids is 2. The number of carbonyl (C=O) groups is 2. The van der Waals surface area contributed by atoms with Crippen molar-refractivity contribution in [1.82, 2.24) is 0 Å². The fraction of sp³-hybridized carbons (Fsp3) is 0.350. The molecule has 3 rings (SSSR count). The second-order valence-electron chi connectivity index (χ2n) is 6.60. The molecule has 2 unspecified atom stereocenters. The summed E-state index contributed by atoms with van der Waals surface area (Å²) in [5.41, 5.74) is 1.99. The SMILES string of the molecule is CC1CCc2sc(C(=O)OC(C)C(=O)Nc3ccccc3C#N)cc2C1. The smallest absolute Gasteiger partial charge is 0.349 e. The zero-order chi connectivity index (χ0) is 18.7. The molecule has 0 radical (unpaired) electrons. The van der Waals surface area contributed by atoms with Gasteiger partial charge in [-0.05, 0) is 55.9 Å². The quantitative estimate of drug-likeness (QED) is 0.829. The van der Waals surface area contributed by atoms with E-state index in [2.05, 4.69) is 12.2 Å². The molecule has 2 atom stereocenters. The summed E-state index contributed by atoms with van der Waals surface area (Å²) >= 11 is 1.46. The van der Waals surface area contributed by atoms with Crippen molar-refractivity contribution in [1.29, 1.82) is 5.26 Å². The van der Waals surface area contributed by atoms with Gasteiger partial charge in [-0.1, -0.05) is 19.1 Å². The maximum atomic E-state index is 12.4. The Morgan fingerprint density at radius 1 is 1.38 bits per heavy atom. The largest absolute Gasteiger partial charge is 0.448 e. The maximum absolute atomic E-state index is 12.4. The first kappa shape index (κ1) is 18.2. The van der Waals surface area contributed by atoms with E-state index in [1.807, 2.05) is 12.1 Å². The molecule has 0 fully saturated rings. The molecule has 1 aromatic carbocycles. The standard InChI is InChI=1S/C20H20N2O3S/c1-12-7-8-17-15(9-12)10-18(26-17)20(24)25-13(2)19(23)22-16-6-4-3-5-14(16)11-21/h3-6,10,12-13H,7-9H2,1-2H3,(H,22,23). The Labute approximate surface area is 156 Å². The molecule has 1 amide bonds. The van der Waals surface area contributed by atoms with Gasteiger partial charge in [0.1, 0.15) is 10.9 Å². The number of amides is 1. The number of nitriles is 1. The normalized spacial score (nSPS) is 16.9. The Hall–Kier alpha value is -2.65. The number of fused-ring (bicyclic) bond motifs is 1. The van der Waals surface area contributed by atoms with Crippen LogP contribution in [-0.4, -0.2) is 18.0 Å². The fourth-order valence-corrected chi connectivity index (χ4v) is 4.09. The van der Waals surface area contributed by atoms with E-state index in [1.54, 1.807) is 24.3 Å². The van der Waals surface area contributed by atoms with Crippen LogP contribution in [0.25, 0.3) is 0 Å². The van der Waals surface area contributed by atoms with E-state index in [-0.39, 0.29) is 0 Å². The molecule has 1 aliphatic carbocycles. The predicted molar refractivity (Wildman–Crippen MR) is 100 cm³/mol. The van der Waals surface area contributed by atoms with Crippen molar-refractivity contribution >= 4 is 28.9 Å². The fourth-order valence-electron chi connectivity index (χ4n) is 3.00. The molecule has 0 saturated heterocycles. The first-order valence-electron chi connectivity index (χ1n) is 8.60. The van der Waals surface area contributed by atoms with E-state index >= 15 is 0 Å². The Bertz CT molecular complexity index is 881. The van der Waals surface area contributed by atoms with E-state index in [4.69, 9.17) is 10.00 Å². The molecule has 1 N–H and O–H groups in total. The number of hydrogen-bond acceptors (Lipinski definition) is 5. The van der Waals surface area contributed by atoms with E-state index < -0.39 is 18.0 Å². The molecule has 0 spiro atoms. The van der Waals surface area contributed by atoms with Gasteiger partial charge >= 0.3 is 5.97 Å². The first-order chi connectivity index (χ1) is 12.5. The number of anilines is 1. The summed E-state index contributed by atoms with van der Waals surface area (Å²) in [4.78, 5) is 26.5. The number of nitrogens with one attached hydrogen (secondary N) is 1. The van der Waals surface area contributed by atoms with Crippen LogP contribution in [0.3, 0.4) is 0 Å². The summed E-state index contributed by atoms with van der Waals surface area (Å²) in [5, 5.41) is 11.7. The average molecular weight is 368 g/mol. The summed E-state index contributed by atoms with van der Waals surface area (Å²) in [6.07, 6.45) is 2.17. The van der Waals surface area contributed by atoms with Crippen LogP contribution in [0.1, 0.15) is 45.9 Å². The zero-order valence-corrected chi connectivity index (χ0v) is 15.6. The third-order valence-corrected chi connectivity index (χ3v) is 5.71. The molecule has 26 heavy (non-hydrogen) atoms. The van der Waals surface area contributed by atoms with E-state index in [0.29, 0.717) is 22.0 Å². The Balaban J connectivity index is 1.64. The third kappa shape index (κ3) is 3.94. The first-order valence-corrected chi connectivity index (χ1v) is 9.42. The predicted octanol–water partition coefficient (Wildman–Crippen LogP) is 3.93. The lowest BCUT2D eigenvalue weighted by atomic mass is 9.90. The van der Waals surface area contributed by atoms with Crippen LogP contribution in [0.4, 0.5) is 5.69 Å². The van der Waals surface area contributed by atoms with Crippen molar-refractivity contribution < 1.29 is 14.3 Å². The zero-order valence-electron chi connectivity index (χ0n) is 14.7. The van der Waals surface area contributed by atoms with Crippen LogP contribution in [0.15, 0.2) is 30.3 Å². The summed E-state index contributed by atoms with van der Waals surface area (Å²) in [5.74, 6) is -0.310. The number of esters is 1. The summed E-state index contributed by atoms with van der Waals surface area (Å²) in [6.45, 7) is 3.74. The van der Waals surface area contributed by atoms with Crippen molar-refractivity contribution in [2.75, 3.05) is 5.32 Å². The summed E-state index contributed by atoms with van der Waals surface area (Å²) in [7, 11) is 0. The molecule has 6 heteroatoms. The third-order valence-electron chi connectivity index (χ3n) is 4.49. The number of benzene rings is 1. The minimum Gasteiger partial charge on any atom is -0.448 e. The Morgan fingerprint density at radius 2 is 2.15 bits per heavy atom. The molecule has 1 aliphatic rings. The van der Waals surface area contributed by atoms with Gasteiger partial charge in [-0.3, -0.25) is 4.79 Å². The molecule has 1 aromatic heterocycles. The van der Waals surface area contributed by atoms with Crippen LogP contribution in [0.2, 0.25) is 0 Å². The molecule has 134 valence electrons. The average Bonchev–Trinajstić information content (AvgIpc) is 3.05. The lowest BCUT2D eigenvalue weighted by Gasteiger charge is -2.16. The van der Waals surface area contributed by atoms with Gasteiger partial charge in [0.2, 0.25) is 0 Å². The molecule has 0 aliphatic heterocycles. The van der Waals surface area contributed by atoms with Gasteiger partial charge in [-0.2, -0.15) is 5.26 Å². The van der Waals surface area contributed by atoms with Gasteiger partial charge in [0.05, 0.1) is 11.3 Å². The van der Waals surface area contributed by atoms with Gasteiger partial charge in [0.15, 0.2) is 6.10 Å². The van der Waals surface area contributed by atoms with Crippen LogP contribution in [0.5, 0.6) is 0 Å². The van der Waals surface area contributed by atoms with Crippen molar-refractivity contribution in [3.63, 3.8) is 0 Å². The molecule has 0 bridgehead atoms. The van der Waals surface area contributed by atoms with Crippen molar-refractivity contribution in [2.24, 2.45) is 5.92 Å². The molecular weight excluding hydrogens is 348 g/mol. The van der Waals surface area contributed by atoms with Crippen LogP contribution < -0.4 is 5.32 Å². The topological polar surface area (TPSA) is 79.2 Å². The van der Waals surface area contributed by atoms with Crippen molar-refractivity contribution in [3.8, 4) is 6.07 Å². The van der Waals surface area contributed by atoms with E-state index in [1.165, 1.54) is 28.7 Å². The number of nitrogens with zero attached hydrogens (tertiary/aromatic N) is 1. The minimum absolute atomic E-state index is 0.361. The molecule has 2 aromatic rings. The number of rotatable bonds is 4. The molecule has 0 saturated carbocycles. The van der Waals surface area contributed by atoms with Gasteiger partial charge in [-0.25, -0.2) is 4.79 Å². The molecular formula is C20H20N2O3S. The van der Waals surface area contributed by atoms with Crippen LogP contribution in [-0.2, 0) is 22.4 Å². The molecule has 1 heterocycles. The lowest BCUT2D eigenvalue weighted by molar-refractivity contribution is -0.123. The highest BCUT2D eigenvalue weighted by Gasteiger charge is 2.24. The second-order valence-corrected chi connectivity index (χ2v) is 7.74. The number of ether oxygens (including phenoxy) is 1. The minimum atomic E-state index is -0.952. The number of thiophene rings is 1. The monoisotopic (exact) mass is 368 g/mol. The van der Waals surface area contributed by atoms with Gasteiger partial charge < -0.3 is 10.1 Å². The molecule has 5 nitrogen and oxygen atoms in total. The van der Waals surface area contributed by atoms with Crippen LogP contribution >= 0.6 is 11.3 Å². The van der Waals surface area contributed by atoms with E-state index in [9.17, 15) is 9.59 Å². The highest BCUT2D eigenvalue weighted by molar-refractivity contribution is 7.14. The lowest BCUT2D eigenvalue weighted by Crippen LogP contribution is -2.30. The number of aryl methyl sites for hydroxylation is 1. The summed E-state index contributed by atoms with van der Waals surface area (Å²) in [6, 6.07) is 10.6. The van der Waals surface area contributed by atoms with Gasteiger partial charge in [-0.15, -0.1) is 11.3 Å². The van der Waals surface area contributed by atoms with Crippen molar-refractivity contribution in [3.05, 3.63) is 51.2 Å².